The number of allylic oxidation sites excluding steroid dienone is 2. The van der Waals surface area contributed by atoms with E-state index in [0.717, 1.165) is 11.3 Å². The molecule has 3 aromatic heterocycles. The Hall–Kier alpha value is -4.48. The van der Waals surface area contributed by atoms with Crippen molar-refractivity contribution >= 4 is 11.4 Å². The quantitative estimate of drug-likeness (QED) is 0.417. The Labute approximate surface area is 212 Å². The van der Waals surface area contributed by atoms with Crippen LogP contribution >= 0.6 is 0 Å². The monoisotopic (exact) mass is 521 g/mol. The highest BCUT2D eigenvalue weighted by molar-refractivity contribution is 5.88. The lowest BCUT2D eigenvalue weighted by Crippen LogP contribution is -2.43. The molecule has 38 heavy (non-hydrogen) atoms. The number of fused-ring (bicyclic) bond motifs is 4. The maximum atomic E-state index is 14.9. The van der Waals surface area contributed by atoms with Crippen LogP contribution in [0.3, 0.4) is 0 Å². The second-order valence-electron chi connectivity index (χ2n) is 9.23. The van der Waals surface area contributed by atoms with Crippen molar-refractivity contribution in [3.05, 3.63) is 87.6 Å². The summed E-state index contributed by atoms with van der Waals surface area (Å²) in [7, 11) is 0. The highest BCUT2D eigenvalue weighted by atomic mass is 19.4. The van der Waals surface area contributed by atoms with E-state index in [-0.39, 0.29) is 29.4 Å². The van der Waals surface area contributed by atoms with Crippen LogP contribution in [-0.2, 0) is 19.5 Å². The number of nitrogens with one attached hydrogen (secondary N) is 1. The summed E-state index contributed by atoms with van der Waals surface area (Å²) in [6, 6.07) is 4.74. The number of hydrogen-bond donors (Lipinski definition) is 1. The SMILES string of the molecule is Cc1cc2c3n1CC=C(C(F)(F)F)C3=c1nccnc1=C(NCc1c(F)ccc3c1CCO3)n1cnnc1-2. The predicted octanol–water partition coefficient (Wildman–Crippen LogP) is 2.34. The number of aromatic nitrogens is 6. The van der Waals surface area contributed by atoms with Crippen LogP contribution in [0, 0.1) is 12.7 Å². The molecule has 6 heterocycles. The third-order valence-corrected chi connectivity index (χ3v) is 7.16. The van der Waals surface area contributed by atoms with Gasteiger partial charge in [0.15, 0.2) is 5.82 Å². The van der Waals surface area contributed by atoms with E-state index in [1.165, 1.54) is 30.9 Å². The average Bonchev–Trinajstić information content (AvgIpc) is 3.63. The Morgan fingerprint density at radius 3 is 2.76 bits per heavy atom. The summed E-state index contributed by atoms with van der Waals surface area (Å²) in [5.41, 5.74) is 1.91. The number of hydrogen-bond acceptors (Lipinski definition) is 6. The minimum Gasteiger partial charge on any atom is -0.493 e. The summed E-state index contributed by atoms with van der Waals surface area (Å²) in [6.07, 6.45) is 1.33. The number of rotatable bonds is 3. The van der Waals surface area contributed by atoms with Crippen LogP contribution in [0.15, 0.2) is 48.6 Å². The van der Waals surface area contributed by atoms with Gasteiger partial charge in [0, 0.05) is 59.9 Å². The molecule has 1 N–H and O–H groups in total. The topological polar surface area (TPSA) is 82.7 Å². The van der Waals surface area contributed by atoms with Crippen molar-refractivity contribution in [1.29, 1.82) is 0 Å². The van der Waals surface area contributed by atoms with E-state index in [1.54, 1.807) is 21.3 Å². The predicted molar refractivity (Wildman–Crippen MR) is 127 cm³/mol. The third kappa shape index (κ3) is 3.22. The van der Waals surface area contributed by atoms with Crippen LogP contribution in [0.5, 0.6) is 5.75 Å². The van der Waals surface area contributed by atoms with Crippen molar-refractivity contribution in [2.24, 2.45) is 0 Å². The van der Waals surface area contributed by atoms with Crippen LogP contribution in [0.2, 0.25) is 0 Å². The van der Waals surface area contributed by atoms with Crippen molar-refractivity contribution in [2.75, 3.05) is 6.61 Å². The zero-order valence-electron chi connectivity index (χ0n) is 20.0. The minimum atomic E-state index is -4.63. The molecule has 0 amide bonds. The highest BCUT2D eigenvalue weighted by Crippen LogP contribution is 2.42. The Morgan fingerprint density at radius 1 is 1.13 bits per heavy atom. The van der Waals surface area contributed by atoms with Gasteiger partial charge in [-0.15, -0.1) is 10.2 Å². The minimum absolute atomic E-state index is 0.0333. The van der Waals surface area contributed by atoms with Gasteiger partial charge in [-0.3, -0.25) is 9.55 Å². The van der Waals surface area contributed by atoms with Gasteiger partial charge in [0.1, 0.15) is 34.4 Å². The average molecular weight is 521 g/mol. The largest absolute Gasteiger partial charge is 0.493 e. The molecule has 3 aliphatic heterocycles. The lowest BCUT2D eigenvalue weighted by Gasteiger charge is -2.25. The van der Waals surface area contributed by atoms with E-state index in [4.69, 9.17) is 4.74 Å². The Bertz CT molecular complexity index is 1800. The first-order valence-corrected chi connectivity index (χ1v) is 11.9. The van der Waals surface area contributed by atoms with Gasteiger partial charge in [-0.2, -0.15) is 13.2 Å². The summed E-state index contributed by atoms with van der Waals surface area (Å²) < 4.78 is 67.1. The molecule has 0 atom stereocenters. The molecule has 0 saturated carbocycles. The second kappa shape index (κ2) is 8.01. The first kappa shape index (κ1) is 22.7. The molecule has 0 unspecified atom stereocenters. The van der Waals surface area contributed by atoms with Gasteiger partial charge in [-0.05, 0) is 25.1 Å². The maximum Gasteiger partial charge on any atom is 0.416 e. The first-order valence-electron chi connectivity index (χ1n) is 11.9. The number of nitrogens with zero attached hydrogens (tertiary/aromatic N) is 6. The highest BCUT2D eigenvalue weighted by Gasteiger charge is 2.42. The molecule has 3 aliphatic rings. The maximum absolute atomic E-state index is 14.9. The van der Waals surface area contributed by atoms with Gasteiger partial charge >= 0.3 is 6.18 Å². The molecular formula is C26H19F4N7O. The Balaban J connectivity index is 1.54. The van der Waals surface area contributed by atoms with E-state index in [0.29, 0.717) is 47.2 Å². The van der Waals surface area contributed by atoms with Crippen molar-refractivity contribution in [3.8, 4) is 17.1 Å². The summed E-state index contributed by atoms with van der Waals surface area (Å²) in [5.74, 6) is 0.842. The molecule has 12 heteroatoms. The summed E-state index contributed by atoms with van der Waals surface area (Å²) >= 11 is 0. The number of ether oxygens (including phenoxy) is 1. The smallest absolute Gasteiger partial charge is 0.416 e. The van der Waals surface area contributed by atoms with E-state index in [2.05, 4.69) is 25.5 Å². The summed E-state index contributed by atoms with van der Waals surface area (Å²) in [4.78, 5) is 8.85. The van der Waals surface area contributed by atoms with Crippen LogP contribution in [0.25, 0.3) is 22.8 Å². The van der Waals surface area contributed by atoms with Crippen LogP contribution < -0.4 is 20.8 Å². The van der Waals surface area contributed by atoms with Gasteiger partial charge in [0.25, 0.3) is 0 Å². The fourth-order valence-corrected chi connectivity index (χ4v) is 5.50. The van der Waals surface area contributed by atoms with Crippen LogP contribution in [-0.4, -0.2) is 42.1 Å². The zero-order chi connectivity index (χ0) is 26.2. The fourth-order valence-electron chi connectivity index (χ4n) is 5.50. The molecule has 0 bridgehead atoms. The van der Waals surface area contributed by atoms with Crippen molar-refractivity contribution in [3.63, 3.8) is 0 Å². The van der Waals surface area contributed by atoms with Crippen LogP contribution in [0.1, 0.15) is 22.5 Å². The number of aryl methyl sites for hydroxylation is 1. The molecule has 8 nitrogen and oxygen atoms in total. The molecule has 7 rings (SSSR count). The summed E-state index contributed by atoms with van der Waals surface area (Å²) in [6.45, 7) is 2.37. The van der Waals surface area contributed by atoms with Gasteiger partial charge in [0.2, 0.25) is 0 Å². The molecule has 0 fully saturated rings. The molecule has 4 aromatic rings. The zero-order valence-corrected chi connectivity index (χ0v) is 20.0. The van der Waals surface area contributed by atoms with Gasteiger partial charge < -0.3 is 14.6 Å². The third-order valence-electron chi connectivity index (χ3n) is 7.16. The summed E-state index contributed by atoms with van der Waals surface area (Å²) in [5, 5.41) is 11.8. The fraction of sp³-hybridized carbons (Fsp3) is 0.231. The molecule has 0 aliphatic carbocycles. The van der Waals surface area contributed by atoms with Crippen LogP contribution in [0.4, 0.5) is 17.6 Å². The molecular weight excluding hydrogens is 502 g/mol. The molecule has 0 spiro atoms. The van der Waals surface area contributed by atoms with Crippen molar-refractivity contribution in [2.45, 2.75) is 32.6 Å². The Morgan fingerprint density at radius 2 is 1.95 bits per heavy atom. The van der Waals surface area contributed by atoms with Crippen molar-refractivity contribution < 1.29 is 22.3 Å². The van der Waals surface area contributed by atoms with E-state index in [9.17, 15) is 17.6 Å². The molecule has 192 valence electrons. The molecule has 1 aromatic carbocycles. The standard InChI is InChI=1S/C26H19F4N7O/c1-13-10-15-23-20(17(26(28,29)30)4-8-36(13)23)21-22(32-7-6-31-21)25(37-12-34-35-24(15)37)33-11-16-14-5-9-38-19(14)3-2-18(16)27/h2-4,6-7,10,12,33H,5,8-9,11H2,1H3. The lowest BCUT2D eigenvalue weighted by molar-refractivity contribution is -0.0876. The normalized spacial score (nSPS) is 15.6. The van der Waals surface area contributed by atoms with Crippen molar-refractivity contribution in [1.82, 2.24) is 34.6 Å². The number of halogens is 4. The van der Waals surface area contributed by atoms with E-state index < -0.39 is 17.6 Å². The number of benzene rings is 1. The number of alkyl halides is 3. The lowest BCUT2D eigenvalue weighted by atomic mass is 9.94. The van der Waals surface area contributed by atoms with E-state index >= 15 is 0 Å². The van der Waals surface area contributed by atoms with E-state index in [1.807, 2.05) is 6.92 Å². The van der Waals surface area contributed by atoms with Gasteiger partial charge in [-0.1, -0.05) is 6.08 Å². The first-order chi connectivity index (χ1) is 18.3. The van der Waals surface area contributed by atoms with Gasteiger partial charge in [-0.25, -0.2) is 9.37 Å². The Kier molecular flexibility index (Phi) is 4.78. The molecule has 0 radical (unpaired) electrons. The molecule has 0 saturated heterocycles. The second-order valence-corrected chi connectivity index (χ2v) is 9.23. The van der Waals surface area contributed by atoms with Gasteiger partial charge in [0.05, 0.1) is 17.9 Å².